The average molecular weight is 251 g/mol. The van der Waals surface area contributed by atoms with Gasteiger partial charge in [-0.05, 0) is 25.0 Å². The number of nitrogens with two attached hydrogens (primary N) is 1. The van der Waals surface area contributed by atoms with Crippen LogP contribution in [0.5, 0.6) is 0 Å². The van der Waals surface area contributed by atoms with E-state index in [-0.39, 0.29) is 12.7 Å². The molecule has 1 fully saturated rings. The zero-order chi connectivity index (χ0) is 12.8. The molecule has 1 aliphatic heterocycles. The van der Waals surface area contributed by atoms with Gasteiger partial charge in [0.1, 0.15) is 0 Å². The van der Waals surface area contributed by atoms with Crippen LogP contribution < -0.4 is 10.6 Å². The number of anilines is 1. The minimum Gasteiger partial charge on any atom is -0.394 e. The Morgan fingerprint density at radius 2 is 2.17 bits per heavy atom. The van der Waals surface area contributed by atoms with Gasteiger partial charge < -0.3 is 20.5 Å². The average Bonchev–Trinajstić information content (AvgIpc) is 2.46. The van der Waals surface area contributed by atoms with Crippen LogP contribution in [0, 0.1) is 0 Å². The minimum atomic E-state index is 0.102. The number of nitrogens with zero attached hydrogens (tertiary/aromatic N) is 2. The van der Waals surface area contributed by atoms with Crippen molar-refractivity contribution in [1.82, 2.24) is 4.98 Å². The first-order valence-corrected chi connectivity index (χ1v) is 6.46. The van der Waals surface area contributed by atoms with Gasteiger partial charge in [-0.1, -0.05) is 0 Å². The zero-order valence-electron chi connectivity index (χ0n) is 10.6. The highest BCUT2D eigenvalue weighted by Crippen LogP contribution is 2.20. The van der Waals surface area contributed by atoms with Gasteiger partial charge in [0.2, 0.25) is 0 Å². The van der Waals surface area contributed by atoms with E-state index < -0.39 is 0 Å². The van der Waals surface area contributed by atoms with E-state index in [0.29, 0.717) is 13.2 Å². The van der Waals surface area contributed by atoms with E-state index in [1.54, 1.807) is 0 Å². The van der Waals surface area contributed by atoms with E-state index in [1.807, 2.05) is 12.3 Å². The fraction of sp³-hybridized carbons (Fsp3) is 0.615. The van der Waals surface area contributed by atoms with Gasteiger partial charge in [-0.2, -0.15) is 0 Å². The van der Waals surface area contributed by atoms with Crippen molar-refractivity contribution in [3.8, 4) is 0 Å². The van der Waals surface area contributed by atoms with E-state index in [4.69, 9.17) is 15.6 Å². The second-order valence-corrected chi connectivity index (χ2v) is 4.49. The zero-order valence-corrected chi connectivity index (χ0v) is 10.6. The molecule has 0 aliphatic carbocycles. The molecule has 0 atom stereocenters. The Labute approximate surface area is 108 Å². The molecule has 1 aliphatic rings. The van der Waals surface area contributed by atoms with Gasteiger partial charge in [0.05, 0.1) is 36.9 Å². The molecule has 0 unspecified atom stereocenters. The van der Waals surface area contributed by atoms with Gasteiger partial charge in [0.25, 0.3) is 0 Å². The molecule has 0 saturated carbocycles. The number of hydrogen-bond acceptors (Lipinski definition) is 5. The number of ether oxygens (including phenoxy) is 1. The lowest BCUT2D eigenvalue weighted by Crippen LogP contribution is -2.37. The Kier molecular flexibility index (Phi) is 4.92. The van der Waals surface area contributed by atoms with Crippen molar-refractivity contribution < 1.29 is 9.84 Å². The van der Waals surface area contributed by atoms with E-state index in [9.17, 15) is 0 Å². The van der Waals surface area contributed by atoms with Crippen LogP contribution in [0.25, 0.3) is 0 Å². The van der Waals surface area contributed by atoms with Crippen LogP contribution in [-0.4, -0.2) is 42.5 Å². The van der Waals surface area contributed by atoms with Gasteiger partial charge in [-0.25, -0.2) is 0 Å². The maximum absolute atomic E-state index is 8.72. The van der Waals surface area contributed by atoms with Crippen LogP contribution in [0.4, 0.5) is 5.69 Å². The molecule has 0 radical (unpaired) electrons. The first-order valence-electron chi connectivity index (χ1n) is 6.46. The summed E-state index contributed by atoms with van der Waals surface area (Å²) < 4.78 is 5.54. The molecule has 1 saturated heterocycles. The Morgan fingerprint density at radius 1 is 1.39 bits per heavy atom. The second-order valence-electron chi connectivity index (χ2n) is 4.49. The SMILES string of the molecule is NCc1ccc(N2CCC(OCCO)CC2)cn1. The van der Waals surface area contributed by atoms with Crippen molar-refractivity contribution in [3.63, 3.8) is 0 Å². The molecule has 2 rings (SSSR count). The van der Waals surface area contributed by atoms with Crippen LogP contribution in [0.15, 0.2) is 18.3 Å². The number of pyridine rings is 1. The summed E-state index contributed by atoms with van der Waals surface area (Å²) >= 11 is 0. The van der Waals surface area contributed by atoms with Gasteiger partial charge in [0.15, 0.2) is 0 Å². The van der Waals surface area contributed by atoms with Crippen molar-refractivity contribution in [2.75, 3.05) is 31.2 Å². The van der Waals surface area contributed by atoms with Crippen LogP contribution >= 0.6 is 0 Å². The van der Waals surface area contributed by atoms with E-state index in [0.717, 1.165) is 37.3 Å². The van der Waals surface area contributed by atoms with Crippen molar-refractivity contribution in [2.24, 2.45) is 5.73 Å². The largest absolute Gasteiger partial charge is 0.394 e. The van der Waals surface area contributed by atoms with Gasteiger partial charge in [-0.3, -0.25) is 4.98 Å². The first-order chi connectivity index (χ1) is 8.83. The third kappa shape index (κ3) is 3.41. The molecule has 100 valence electrons. The normalized spacial score (nSPS) is 17.1. The summed E-state index contributed by atoms with van der Waals surface area (Å²) in [6, 6.07) is 4.05. The summed E-state index contributed by atoms with van der Waals surface area (Å²) in [4.78, 5) is 6.62. The first kappa shape index (κ1) is 13.3. The number of hydrogen-bond donors (Lipinski definition) is 2. The fourth-order valence-corrected chi connectivity index (χ4v) is 2.22. The van der Waals surface area contributed by atoms with Crippen molar-refractivity contribution in [3.05, 3.63) is 24.0 Å². The van der Waals surface area contributed by atoms with E-state index >= 15 is 0 Å². The van der Waals surface area contributed by atoms with Gasteiger partial charge in [-0.15, -0.1) is 0 Å². The Morgan fingerprint density at radius 3 is 2.72 bits per heavy atom. The van der Waals surface area contributed by atoms with Gasteiger partial charge >= 0.3 is 0 Å². The second kappa shape index (κ2) is 6.68. The predicted molar refractivity (Wildman–Crippen MR) is 70.4 cm³/mol. The standard InChI is InChI=1S/C13H21N3O2/c14-9-11-1-2-12(10-15-11)16-5-3-13(4-6-16)18-8-7-17/h1-2,10,13,17H,3-9,14H2. The monoisotopic (exact) mass is 251 g/mol. The number of aromatic nitrogens is 1. The Hall–Kier alpha value is -1.17. The fourth-order valence-electron chi connectivity index (χ4n) is 2.22. The van der Waals surface area contributed by atoms with Gasteiger partial charge in [0, 0.05) is 19.6 Å². The van der Waals surface area contributed by atoms with Crippen molar-refractivity contribution in [2.45, 2.75) is 25.5 Å². The highest BCUT2D eigenvalue weighted by Gasteiger charge is 2.19. The van der Waals surface area contributed by atoms with Crippen molar-refractivity contribution >= 4 is 5.69 Å². The molecule has 0 bridgehead atoms. The quantitative estimate of drug-likeness (QED) is 0.798. The summed E-state index contributed by atoms with van der Waals surface area (Å²) in [6.45, 7) is 2.97. The highest BCUT2D eigenvalue weighted by molar-refractivity contribution is 5.44. The van der Waals surface area contributed by atoms with Crippen LogP contribution in [0.3, 0.4) is 0 Å². The summed E-state index contributed by atoms with van der Waals surface area (Å²) in [5.41, 5.74) is 7.59. The number of piperidine rings is 1. The predicted octanol–water partition coefficient (Wildman–Crippen LogP) is 0.518. The molecule has 0 spiro atoms. The van der Waals surface area contributed by atoms with Crippen LogP contribution in [0.1, 0.15) is 18.5 Å². The Bertz CT molecular complexity index is 348. The molecule has 1 aromatic rings. The molecule has 2 heterocycles. The summed E-state index contributed by atoms with van der Waals surface area (Å²) in [7, 11) is 0. The lowest BCUT2D eigenvalue weighted by atomic mass is 10.1. The molecule has 0 aromatic carbocycles. The summed E-state index contributed by atoms with van der Waals surface area (Å²) in [5.74, 6) is 0. The topological polar surface area (TPSA) is 71.6 Å². The molecule has 5 heteroatoms. The summed E-state index contributed by atoms with van der Waals surface area (Å²) in [6.07, 6.45) is 4.17. The highest BCUT2D eigenvalue weighted by atomic mass is 16.5. The lowest BCUT2D eigenvalue weighted by molar-refractivity contribution is 0.0159. The van der Waals surface area contributed by atoms with E-state index in [2.05, 4.69) is 16.0 Å². The molecular formula is C13H21N3O2. The van der Waals surface area contributed by atoms with Crippen molar-refractivity contribution in [1.29, 1.82) is 0 Å². The van der Waals surface area contributed by atoms with E-state index in [1.165, 1.54) is 0 Å². The van der Waals surface area contributed by atoms with Crippen LogP contribution in [-0.2, 0) is 11.3 Å². The minimum absolute atomic E-state index is 0.102. The third-order valence-corrected chi connectivity index (χ3v) is 3.27. The molecule has 18 heavy (non-hydrogen) atoms. The smallest absolute Gasteiger partial charge is 0.0701 e. The van der Waals surface area contributed by atoms with Crippen LogP contribution in [0.2, 0.25) is 0 Å². The molecule has 5 nitrogen and oxygen atoms in total. The third-order valence-electron chi connectivity index (χ3n) is 3.27. The lowest BCUT2D eigenvalue weighted by Gasteiger charge is -2.33. The number of aliphatic hydroxyl groups excluding tert-OH is 1. The maximum Gasteiger partial charge on any atom is 0.0701 e. The molecule has 0 amide bonds. The maximum atomic E-state index is 8.72. The molecular weight excluding hydrogens is 230 g/mol. The molecule has 1 aromatic heterocycles. The Balaban J connectivity index is 1.84. The summed E-state index contributed by atoms with van der Waals surface area (Å²) in [5, 5.41) is 8.72. The number of rotatable bonds is 5. The number of aliphatic hydroxyl groups is 1. The molecule has 3 N–H and O–H groups in total.